The monoisotopic (exact) mass is 342 g/mol. The van der Waals surface area contributed by atoms with Gasteiger partial charge in [-0.1, -0.05) is 48.4 Å². The molecule has 2 amide bonds. The largest absolute Gasteiger partial charge is 0.325 e. The lowest BCUT2D eigenvalue weighted by molar-refractivity contribution is -0.124. The molecule has 0 aliphatic heterocycles. The summed E-state index contributed by atoms with van der Waals surface area (Å²) >= 11 is 6.17. The molecular weight excluding hydrogens is 324 g/mol. The first-order chi connectivity index (χ1) is 11.5. The summed E-state index contributed by atoms with van der Waals surface area (Å²) < 4.78 is 0. The van der Waals surface area contributed by atoms with Crippen molar-refractivity contribution in [2.45, 2.75) is 31.6 Å². The van der Waals surface area contributed by atoms with Crippen LogP contribution in [0.3, 0.4) is 0 Å². The van der Waals surface area contributed by atoms with Gasteiger partial charge in [0.25, 0.3) is 0 Å². The minimum absolute atomic E-state index is 0.0108. The molecule has 2 aromatic carbocycles. The molecule has 5 heteroatoms. The van der Waals surface area contributed by atoms with Gasteiger partial charge in [0.05, 0.1) is 16.1 Å². The molecular formula is C19H19ClN2O2. The Kier molecular flexibility index (Phi) is 4.58. The normalized spacial score (nSPS) is 15.2. The van der Waals surface area contributed by atoms with Crippen molar-refractivity contribution in [3.8, 4) is 0 Å². The van der Waals surface area contributed by atoms with Crippen molar-refractivity contribution in [1.29, 1.82) is 0 Å². The highest BCUT2D eigenvalue weighted by Crippen LogP contribution is 2.44. The molecule has 0 bridgehead atoms. The number of benzene rings is 2. The molecule has 3 rings (SSSR count). The van der Waals surface area contributed by atoms with Crippen LogP contribution >= 0.6 is 11.6 Å². The molecule has 124 valence electrons. The van der Waals surface area contributed by atoms with E-state index in [0.717, 1.165) is 24.8 Å². The van der Waals surface area contributed by atoms with Crippen molar-refractivity contribution in [3.05, 3.63) is 59.1 Å². The standard InChI is InChI=1S/C19H19ClN2O2/c1-13(23)21-17-9-8-15(12-16(17)20)22-18(24)19(10-5-11-19)14-6-3-2-4-7-14/h2-4,6-9,12H,5,10-11H2,1H3,(H,21,23)(H,22,24). The van der Waals surface area contributed by atoms with Crippen LogP contribution in [0.5, 0.6) is 0 Å². The molecule has 2 aromatic rings. The summed E-state index contributed by atoms with van der Waals surface area (Å²) in [6, 6.07) is 15.0. The molecule has 1 saturated carbocycles. The van der Waals surface area contributed by atoms with E-state index < -0.39 is 5.41 Å². The predicted octanol–water partition coefficient (Wildman–Crippen LogP) is 4.36. The number of halogens is 1. The molecule has 0 heterocycles. The lowest BCUT2D eigenvalue weighted by Gasteiger charge is -2.40. The van der Waals surface area contributed by atoms with Crippen LogP contribution in [0.25, 0.3) is 0 Å². The summed E-state index contributed by atoms with van der Waals surface area (Å²) in [7, 11) is 0. The molecule has 24 heavy (non-hydrogen) atoms. The molecule has 0 unspecified atom stereocenters. The first-order valence-corrected chi connectivity index (χ1v) is 8.33. The summed E-state index contributed by atoms with van der Waals surface area (Å²) in [6.07, 6.45) is 2.74. The molecule has 4 nitrogen and oxygen atoms in total. The third kappa shape index (κ3) is 3.15. The van der Waals surface area contributed by atoms with Crippen LogP contribution in [0.2, 0.25) is 5.02 Å². The van der Waals surface area contributed by atoms with E-state index in [1.54, 1.807) is 18.2 Å². The fourth-order valence-electron chi connectivity index (χ4n) is 3.07. The molecule has 1 fully saturated rings. The van der Waals surface area contributed by atoms with Crippen LogP contribution < -0.4 is 10.6 Å². The zero-order valence-electron chi connectivity index (χ0n) is 13.4. The van der Waals surface area contributed by atoms with E-state index in [-0.39, 0.29) is 11.8 Å². The Morgan fingerprint density at radius 3 is 2.29 bits per heavy atom. The Morgan fingerprint density at radius 2 is 1.75 bits per heavy atom. The van der Waals surface area contributed by atoms with Gasteiger partial charge in [-0.05, 0) is 36.6 Å². The zero-order valence-corrected chi connectivity index (χ0v) is 14.2. The van der Waals surface area contributed by atoms with Crippen molar-refractivity contribution in [1.82, 2.24) is 0 Å². The molecule has 2 N–H and O–H groups in total. The number of anilines is 2. The van der Waals surface area contributed by atoms with Gasteiger partial charge in [0.1, 0.15) is 0 Å². The number of hydrogen-bond acceptors (Lipinski definition) is 2. The Morgan fingerprint density at radius 1 is 1.04 bits per heavy atom. The number of nitrogens with one attached hydrogen (secondary N) is 2. The van der Waals surface area contributed by atoms with Crippen molar-refractivity contribution in [2.75, 3.05) is 10.6 Å². The predicted molar refractivity (Wildman–Crippen MR) is 96.4 cm³/mol. The van der Waals surface area contributed by atoms with E-state index in [4.69, 9.17) is 11.6 Å². The summed E-state index contributed by atoms with van der Waals surface area (Å²) in [5.74, 6) is -0.200. The Labute approximate surface area is 146 Å². The van der Waals surface area contributed by atoms with Crippen molar-refractivity contribution >= 4 is 34.8 Å². The van der Waals surface area contributed by atoms with Crippen LogP contribution in [0.4, 0.5) is 11.4 Å². The lowest BCUT2D eigenvalue weighted by Crippen LogP contribution is -2.45. The summed E-state index contributed by atoms with van der Waals surface area (Å²) in [5.41, 5.74) is 1.75. The van der Waals surface area contributed by atoms with Gasteiger partial charge in [0, 0.05) is 12.6 Å². The molecule has 0 atom stereocenters. The Balaban J connectivity index is 1.79. The van der Waals surface area contributed by atoms with Gasteiger partial charge in [0.15, 0.2) is 0 Å². The highest BCUT2D eigenvalue weighted by atomic mass is 35.5. The third-order valence-electron chi connectivity index (χ3n) is 4.51. The summed E-state index contributed by atoms with van der Waals surface area (Å²) in [6.45, 7) is 1.42. The smallest absolute Gasteiger partial charge is 0.235 e. The number of hydrogen-bond donors (Lipinski definition) is 2. The molecule has 0 radical (unpaired) electrons. The highest BCUT2D eigenvalue weighted by molar-refractivity contribution is 6.34. The minimum Gasteiger partial charge on any atom is -0.325 e. The van der Waals surface area contributed by atoms with Gasteiger partial charge < -0.3 is 10.6 Å². The van der Waals surface area contributed by atoms with Crippen LogP contribution in [0.15, 0.2) is 48.5 Å². The number of carbonyl (C=O) groups excluding carboxylic acids is 2. The molecule has 1 aliphatic carbocycles. The number of amides is 2. The minimum atomic E-state index is -0.454. The lowest BCUT2D eigenvalue weighted by atomic mass is 9.64. The van der Waals surface area contributed by atoms with Gasteiger partial charge in [0.2, 0.25) is 11.8 Å². The van der Waals surface area contributed by atoms with Crippen molar-refractivity contribution in [2.24, 2.45) is 0 Å². The van der Waals surface area contributed by atoms with Gasteiger partial charge in [-0.25, -0.2) is 0 Å². The SMILES string of the molecule is CC(=O)Nc1ccc(NC(=O)C2(c3ccccc3)CCC2)cc1Cl. The molecule has 0 aromatic heterocycles. The maximum atomic E-state index is 12.9. The topological polar surface area (TPSA) is 58.2 Å². The van der Waals surface area contributed by atoms with Gasteiger partial charge in [-0.2, -0.15) is 0 Å². The van der Waals surface area contributed by atoms with Crippen LogP contribution in [0.1, 0.15) is 31.7 Å². The fourth-order valence-corrected chi connectivity index (χ4v) is 3.30. The molecule has 1 aliphatic rings. The Bertz CT molecular complexity index is 770. The van der Waals surface area contributed by atoms with E-state index in [2.05, 4.69) is 10.6 Å². The quantitative estimate of drug-likeness (QED) is 0.867. The van der Waals surface area contributed by atoms with Crippen LogP contribution in [-0.4, -0.2) is 11.8 Å². The average Bonchev–Trinajstić information content (AvgIpc) is 2.50. The zero-order chi connectivity index (χ0) is 17.2. The third-order valence-corrected chi connectivity index (χ3v) is 4.82. The second-order valence-electron chi connectivity index (χ2n) is 6.13. The Hall–Kier alpha value is -2.33. The van der Waals surface area contributed by atoms with Crippen molar-refractivity contribution < 1.29 is 9.59 Å². The van der Waals surface area contributed by atoms with E-state index in [1.165, 1.54) is 6.92 Å². The van der Waals surface area contributed by atoms with Crippen LogP contribution in [0, 0.1) is 0 Å². The second-order valence-corrected chi connectivity index (χ2v) is 6.54. The van der Waals surface area contributed by atoms with E-state index in [9.17, 15) is 9.59 Å². The molecule has 0 spiro atoms. The molecule has 0 saturated heterocycles. The van der Waals surface area contributed by atoms with Gasteiger partial charge in [-0.15, -0.1) is 0 Å². The summed E-state index contributed by atoms with van der Waals surface area (Å²) in [4.78, 5) is 24.0. The van der Waals surface area contributed by atoms with Gasteiger partial charge >= 0.3 is 0 Å². The van der Waals surface area contributed by atoms with Gasteiger partial charge in [-0.3, -0.25) is 9.59 Å². The fraction of sp³-hybridized carbons (Fsp3) is 0.263. The first kappa shape index (κ1) is 16.5. The van der Waals surface area contributed by atoms with Crippen molar-refractivity contribution in [3.63, 3.8) is 0 Å². The first-order valence-electron chi connectivity index (χ1n) is 7.95. The number of rotatable bonds is 4. The maximum Gasteiger partial charge on any atom is 0.235 e. The van der Waals surface area contributed by atoms with E-state index in [0.29, 0.717) is 16.4 Å². The highest BCUT2D eigenvalue weighted by Gasteiger charge is 2.45. The average molecular weight is 343 g/mol. The second kappa shape index (κ2) is 6.65. The maximum absolute atomic E-state index is 12.9. The van der Waals surface area contributed by atoms with E-state index in [1.807, 2.05) is 30.3 Å². The number of carbonyl (C=O) groups is 2. The summed E-state index contributed by atoms with van der Waals surface area (Å²) in [5, 5.41) is 6.01. The van der Waals surface area contributed by atoms with Crippen LogP contribution in [-0.2, 0) is 15.0 Å². The van der Waals surface area contributed by atoms with E-state index >= 15 is 0 Å².